The summed E-state index contributed by atoms with van der Waals surface area (Å²) in [7, 11) is 1.50. The van der Waals surface area contributed by atoms with Crippen LogP contribution >= 0.6 is 0 Å². The molecule has 2 nitrogen and oxygen atoms in total. The Morgan fingerprint density at radius 2 is 2.00 bits per heavy atom. The first kappa shape index (κ1) is 13.3. The second kappa shape index (κ2) is 5.03. The van der Waals surface area contributed by atoms with Crippen molar-refractivity contribution in [3.63, 3.8) is 0 Å². The smallest absolute Gasteiger partial charge is 0.454 e. The third-order valence-electron chi connectivity index (χ3n) is 2.17. The lowest BCUT2D eigenvalue weighted by atomic mass is 10.1. The van der Waals surface area contributed by atoms with Crippen molar-refractivity contribution in [2.45, 2.75) is 13.1 Å². The Kier molecular flexibility index (Phi) is 3.93. The normalized spacial score (nSPS) is 11.8. The number of methoxy groups -OCH3 is 1. The minimum atomic E-state index is -4.82. The average Bonchev–Trinajstić information content (AvgIpc) is 2.25. The minimum absolute atomic E-state index is 0.523. The fourth-order valence-electron chi connectivity index (χ4n) is 1.22. The van der Waals surface area contributed by atoms with Gasteiger partial charge in [0.05, 0.1) is 7.11 Å². The molecule has 0 atom stereocenters. The second-order valence-electron chi connectivity index (χ2n) is 3.42. The van der Waals surface area contributed by atoms with E-state index in [2.05, 4.69) is 0 Å². The lowest BCUT2D eigenvalue weighted by molar-refractivity contribution is -0.165. The zero-order chi connectivity index (χ0) is 13.1. The highest BCUT2D eigenvalue weighted by Crippen LogP contribution is 2.20. The number of aryl methyl sites for hydroxylation is 1. The van der Waals surface area contributed by atoms with Crippen LogP contribution in [0.25, 0.3) is 6.08 Å². The van der Waals surface area contributed by atoms with Crippen molar-refractivity contribution in [2.75, 3.05) is 7.11 Å². The number of hydrogen-bond acceptors (Lipinski definition) is 2. The molecule has 0 aliphatic carbocycles. The lowest BCUT2D eigenvalue weighted by Crippen LogP contribution is -2.19. The van der Waals surface area contributed by atoms with Gasteiger partial charge in [0.2, 0.25) is 0 Å². The SMILES string of the molecule is COc1ccc(/C=C/C(=O)C(F)(F)F)c(C)c1. The monoisotopic (exact) mass is 244 g/mol. The third kappa shape index (κ3) is 3.62. The summed E-state index contributed by atoms with van der Waals surface area (Å²) in [5, 5.41) is 0. The van der Waals surface area contributed by atoms with Gasteiger partial charge < -0.3 is 4.74 Å². The maximum Gasteiger partial charge on any atom is 0.454 e. The summed E-state index contributed by atoms with van der Waals surface area (Å²) in [6.07, 6.45) is -3.16. The van der Waals surface area contributed by atoms with Gasteiger partial charge in [0, 0.05) is 0 Å². The molecule has 0 spiro atoms. The molecule has 0 aliphatic heterocycles. The van der Waals surface area contributed by atoms with Crippen molar-refractivity contribution in [1.29, 1.82) is 0 Å². The first-order chi connectivity index (χ1) is 7.84. The Bertz CT molecular complexity index is 448. The van der Waals surface area contributed by atoms with Crippen LogP contribution in [-0.2, 0) is 4.79 Å². The van der Waals surface area contributed by atoms with Gasteiger partial charge in [0.1, 0.15) is 5.75 Å². The predicted molar refractivity (Wildman–Crippen MR) is 57.8 cm³/mol. The van der Waals surface area contributed by atoms with E-state index in [1.807, 2.05) is 0 Å². The van der Waals surface area contributed by atoms with Crippen LogP contribution in [0.15, 0.2) is 24.3 Å². The molecule has 0 aliphatic rings. The molecule has 0 heterocycles. The van der Waals surface area contributed by atoms with Gasteiger partial charge in [-0.25, -0.2) is 0 Å². The molecule has 0 amide bonds. The summed E-state index contributed by atoms with van der Waals surface area (Å²) in [6, 6.07) is 4.89. The van der Waals surface area contributed by atoms with Crippen LogP contribution in [0, 0.1) is 6.92 Å². The van der Waals surface area contributed by atoms with Crippen LogP contribution in [0.3, 0.4) is 0 Å². The maximum atomic E-state index is 12.0. The van der Waals surface area contributed by atoms with Gasteiger partial charge >= 0.3 is 6.18 Å². The van der Waals surface area contributed by atoms with Crippen molar-refractivity contribution >= 4 is 11.9 Å². The van der Waals surface area contributed by atoms with Crippen molar-refractivity contribution in [3.8, 4) is 5.75 Å². The van der Waals surface area contributed by atoms with Gasteiger partial charge in [-0.1, -0.05) is 12.1 Å². The van der Waals surface area contributed by atoms with E-state index in [4.69, 9.17) is 4.74 Å². The molecule has 1 aromatic carbocycles. The predicted octanol–water partition coefficient (Wildman–Crippen LogP) is 3.15. The highest BCUT2D eigenvalue weighted by Gasteiger charge is 2.35. The van der Waals surface area contributed by atoms with Crippen LogP contribution in [0.2, 0.25) is 0 Å². The van der Waals surface area contributed by atoms with Gasteiger partial charge in [-0.3, -0.25) is 4.79 Å². The Balaban J connectivity index is 2.89. The van der Waals surface area contributed by atoms with Gasteiger partial charge in [0.25, 0.3) is 5.78 Å². The average molecular weight is 244 g/mol. The fourth-order valence-corrected chi connectivity index (χ4v) is 1.22. The zero-order valence-electron chi connectivity index (χ0n) is 9.34. The van der Waals surface area contributed by atoms with Gasteiger partial charge in [-0.2, -0.15) is 13.2 Å². The number of alkyl halides is 3. The molecule has 1 aromatic rings. The van der Waals surface area contributed by atoms with E-state index in [1.165, 1.54) is 7.11 Å². The molecular weight excluding hydrogens is 233 g/mol. The summed E-state index contributed by atoms with van der Waals surface area (Å²) in [5.74, 6) is -1.26. The van der Waals surface area contributed by atoms with E-state index >= 15 is 0 Å². The molecule has 1 rings (SSSR count). The second-order valence-corrected chi connectivity index (χ2v) is 3.42. The molecule has 17 heavy (non-hydrogen) atoms. The van der Waals surface area contributed by atoms with Crippen LogP contribution in [0.1, 0.15) is 11.1 Å². The molecule has 92 valence electrons. The van der Waals surface area contributed by atoms with E-state index < -0.39 is 12.0 Å². The number of hydrogen-bond donors (Lipinski definition) is 0. The number of carbonyl (C=O) groups is 1. The summed E-state index contributed by atoms with van der Waals surface area (Å²) >= 11 is 0. The third-order valence-corrected chi connectivity index (χ3v) is 2.17. The zero-order valence-corrected chi connectivity index (χ0v) is 9.34. The van der Waals surface area contributed by atoms with Crippen LogP contribution in [0.5, 0.6) is 5.75 Å². The Morgan fingerprint density at radius 3 is 2.47 bits per heavy atom. The first-order valence-corrected chi connectivity index (χ1v) is 4.78. The van der Waals surface area contributed by atoms with E-state index in [-0.39, 0.29) is 0 Å². The van der Waals surface area contributed by atoms with Gasteiger partial charge in [-0.05, 0) is 36.3 Å². The number of halogens is 3. The highest BCUT2D eigenvalue weighted by atomic mass is 19.4. The summed E-state index contributed by atoms with van der Waals surface area (Å²) in [4.78, 5) is 10.6. The first-order valence-electron chi connectivity index (χ1n) is 4.78. The van der Waals surface area contributed by atoms with Gasteiger partial charge in [-0.15, -0.1) is 0 Å². The van der Waals surface area contributed by atoms with Gasteiger partial charge in [0.15, 0.2) is 0 Å². The van der Waals surface area contributed by atoms with E-state index in [0.717, 1.165) is 11.6 Å². The van der Waals surface area contributed by atoms with Crippen LogP contribution in [-0.4, -0.2) is 19.1 Å². The number of allylic oxidation sites excluding steroid dienone is 1. The summed E-state index contributed by atoms with van der Waals surface area (Å²) in [5.41, 5.74) is 1.28. The van der Waals surface area contributed by atoms with Crippen molar-refractivity contribution in [2.24, 2.45) is 0 Å². The summed E-state index contributed by atoms with van der Waals surface area (Å²) < 4.78 is 40.8. The van der Waals surface area contributed by atoms with Crippen molar-refractivity contribution < 1.29 is 22.7 Å². The molecule has 5 heteroatoms. The topological polar surface area (TPSA) is 26.3 Å². The molecule has 0 bridgehead atoms. The van der Waals surface area contributed by atoms with Crippen LogP contribution in [0.4, 0.5) is 13.2 Å². The molecule has 0 fully saturated rings. The molecule has 0 saturated heterocycles. The van der Waals surface area contributed by atoms with E-state index in [0.29, 0.717) is 17.4 Å². The number of ether oxygens (including phenoxy) is 1. The number of benzene rings is 1. The standard InChI is InChI=1S/C12H11F3O2/c1-8-7-10(17-2)5-3-9(8)4-6-11(16)12(13,14)15/h3-7H,1-2H3/b6-4+. The quantitative estimate of drug-likeness (QED) is 0.763. The number of ketones is 1. The summed E-state index contributed by atoms with van der Waals surface area (Å²) in [6.45, 7) is 1.72. The molecule has 0 N–H and O–H groups in total. The fraction of sp³-hybridized carbons (Fsp3) is 0.250. The molecule has 0 saturated carbocycles. The molecule has 0 radical (unpaired) electrons. The van der Waals surface area contributed by atoms with Crippen molar-refractivity contribution in [1.82, 2.24) is 0 Å². The Labute approximate surface area is 96.7 Å². The number of carbonyl (C=O) groups excluding carboxylic acids is 1. The van der Waals surface area contributed by atoms with E-state index in [9.17, 15) is 18.0 Å². The molecule has 0 aromatic heterocycles. The van der Waals surface area contributed by atoms with Crippen molar-refractivity contribution in [3.05, 3.63) is 35.4 Å². The highest BCUT2D eigenvalue weighted by molar-refractivity contribution is 5.97. The largest absolute Gasteiger partial charge is 0.497 e. The van der Waals surface area contributed by atoms with E-state index in [1.54, 1.807) is 25.1 Å². The Morgan fingerprint density at radius 1 is 1.35 bits per heavy atom. The molecular formula is C12H11F3O2. The Hall–Kier alpha value is -1.78. The minimum Gasteiger partial charge on any atom is -0.497 e. The maximum absolute atomic E-state index is 12.0. The molecule has 0 unspecified atom stereocenters. The lowest BCUT2D eigenvalue weighted by Gasteiger charge is -2.04. The number of rotatable bonds is 3. The van der Waals surface area contributed by atoms with Crippen LogP contribution < -0.4 is 4.74 Å².